The molecule has 0 bridgehead atoms. The molecule has 8 aromatic rings. The molecule has 79 heavy (non-hydrogen) atoms. The van der Waals surface area contributed by atoms with Crippen LogP contribution in [0.4, 0.5) is 37.7 Å². The molecule has 0 spiro atoms. The van der Waals surface area contributed by atoms with Gasteiger partial charge in [0.05, 0.1) is 32.3 Å². The van der Waals surface area contributed by atoms with Crippen LogP contribution in [0.1, 0.15) is 45.2 Å². The minimum Gasteiger partial charge on any atom is -0.487 e. The molecule has 0 fully saturated rings. The number of aromatic nitrogens is 2. The zero-order valence-corrected chi connectivity index (χ0v) is 46.4. The van der Waals surface area contributed by atoms with Gasteiger partial charge in [0.2, 0.25) is 11.8 Å². The SMILES string of the molecule is Cc1oc(-c2ccc(C(F)(F)F)cc2)nc1COc1ccc(S(=O)(=O)N2c3ccccc3C[C@H]2C(=O)O)cc1.Cc1oc(-c2ccc(C(F)(F)F)cc2)nc1COc1ccc(S(=O)(=O)N2c3ccccc3C[C@H]2C(=O)O)cc1.[K+]. The number of para-hydroxylation sites is 2. The number of alkyl halides is 6. The van der Waals surface area contributed by atoms with Gasteiger partial charge in [-0.15, -0.1) is 0 Å². The van der Waals surface area contributed by atoms with Crippen molar-refractivity contribution in [3.63, 3.8) is 0 Å². The Morgan fingerprint density at radius 3 is 1.19 bits per heavy atom. The molecule has 10 rings (SSSR count). The van der Waals surface area contributed by atoms with Crippen LogP contribution in [0.3, 0.4) is 0 Å². The van der Waals surface area contributed by atoms with Crippen molar-refractivity contribution in [2.24, 2.45) is 0 Å². The van der Waals surface area contributed by atoms with Gasteiger partial charge in [-0.1, -0.05) is 36.4 Å². The molecule has 0 amide bonds. The average Bonchev–Trinajstić information content (AvgIpc) is 4.39. The van der Waals surface area contributed by atoms with Gasteiger partial charge >= 0.3 is 75.7 Å². The number of oxazole rings is 2. The number of hydrogen-bond donors (Lipinski definition) is 2. The third kappa shape index (κ3) is 12.4. The number of benzene rings is 6. The van der Waals surface area contributed by atoms with E-state index in [9.17, 15) is 63.0 Å². The molecule has 6 aromatic carbocycles. The number of ether oxygens (including phenoxy) is 2. The Balaban J connectivity index is 0.000000205. The van der Waals surface area contributed by atoms with E-state index in [-0.39, 0.29) is 99.0 Å². The largest absolute Gasteiger partial charge is 1.00 e. The molecule has 0 saturated heterocycles. The zero-order valence-electron chi connectivity index (χ0n) is 41.7. The first-order valence-electron chi connectivity index (χ1n) is 23.3. The third-order valence-electron chi connectivity index (χ3n) is 12.6. The summed E-state index contributed by atoms with van der Waals surface area (Å²) in [7, 11) is -8.35. The molecule has 2 atom stereocenters. The van der Waals surface area contributed by atoms with Gasteiger partial charge in [-0.05, 0) is 134 Å². The molecule has 404 valence electrons. The first-order chi connectivity index (χ1) is 36.9. The van der Waals surface area contributed by atoms with E-state index in [2.05, 4.69) is 9.97 Å². The minimum atomic E-state index is -4.45. The average molecular weight is 1160 g/mol. The Morgan fingerprint density at radius 2 is 0.873 bits per heavy atom. The molecule has 2 aliphatic heterocycles. The summed E-state index contributed by atoms with van der Waals surface area (Å²) >= 11 is 0. The number of carboxylic acid groups (broad SMARTS) is 2. The van der Waals surface area contributed by atoms with Crippen LogP contribution >= 0.6 is 0 Å². The van der Waals surface area contributed by atoms with Gasteiger partial charge in [0, 0.05) is 24.0 Å². The number of carbonyl (C=O) groups is 2. The molecule has 0 radical (unpaired) electrons. The van der Waals surface area contributed by atoms with Gasteiger partial charge in [-0.2, -0.15) is 26.3 Å². The summed E-state index contributed by atoms with van der Waals surface area (Å²) in [6.07, 6.45) is -8.76. The summed E-state index contributed by atoms with van der Waals surface area (Å²) in [6.45, 7) is 3.20. The molecule has 16 nitrogen and oxygen atoms in total. The summed E-state index contributed by atoms with van der Waals surface area (Å²) < 4.78 is 155. The fourth-order valence-electron chi connectivity index (χ4n) is 8.60. The van der Waals surface area contributed by atoms with E-state index < -0.39 is 67.5 Å². The molecule has 25 heteroatoms. The maximum absolute atomic E-state index is 13.4. The van der Waals surface area contributed by atoms with Gasteiger partial charge in [0.15, 0.2) is 0 Å². The van der Waals surface area contributed by atoms with E-state index in [1.54, 1.807) is 62.4 Å². The molecule has 0 aliphatic carbocycles. The predicted octanol–water partition coefficient (Wildman–Crippen LogP) is 7.91. The van der Waals surface area contributed by atoms with E-state index in [4.69, 9.17) is 18.3 Å². The molecular formula is C54H42F6KN4O12S2+. The fourth-order valence-corrected chi connectivity index (χ4v) is 11.9. The zero-order chi connectivity index (χ0) is 55.9. The fraction of sp³-hybridized carbons (Fsp3) is 0.185. The van der Waals surface area contributed by atoms with Crippen LogP contribution in [0.15, 0.2) is 164 Å². The number of sulfonamides is 2. The van der Waals surface area contributed by atoms with Crippen LogP contribution in [0, 0.1) is 13.8 Å². The topological polar surface area (TPSA) is 220 Å². The van der Waals surface area contributed by atoms with Crippen molar-refractivity contribution in [2.75, 3.05) is 8.61 Å². The van der Waals surface area contributed by atoms with Crippen molar-refractivity contribution in [1.29, 1.82) is 0 Å². The van der Waals surface area contributed by atoms with E-state index in [1.165, 1.54) is 72.8 Å². The van der Waals surface area contributed by atoms with Crippen molar-refractivity contribution in [3.8, 4) is 34.4 Å². The van der Waals surface area contributed by atoms with Crippen LogP contribution in [-0.2, 0) is 68.0 Å². The van der Waals surface area contributed by atoms with E-state index in [1.807, 2.05) is 0 Å². The van der Waals surface area contributed by atoms with Crippen LogP contribution in [-0.4, -0.2) is 61.0 Å². The number of aryl methyl sites for hydroxylation is 2. The minimum absolute atomic E-state index is 0. The van der Waals surface area contributed by atoms with E-state index in [0.29, 0.717) is 68.0 Å². The quantitative estimate of drug-likeness (QED) is 0.0781. The number of anilines is 2. The van der Waals surface area contributed by atoms with Gasteiger partial charge < -0.3 is 28.5 Å². The second-order valence-corrected chi connectivity index (χ2v) is 21.3. The smallest absolute Gasteiger partial charge is 0.487 e. The summed E-state index contributed by atoms with van der Waals surface area (Å²) in [5.41, 5.74) is 1.93. The second kappa shape index (κ2) is 23.0. The number of nitrogens with zero attached hydrogens (tertiary/aromatic N) is 4. The summed E-state index contributed by atoms with van der Waals surface area (Å²) in [6, 6.07) is 30.7. The standard InChI is InChI=1S/2C27H21F3N2O6S.K/c2*1-16-22(31-25(38-16)17-6-8-19(9-7-17)27(28,29)30)15-37-20-10-12-21(13-11-20)39(35,36)32-23-5-3-2-4-18(23)14-24(32)26(33)34;/h2*2-13,24H,14-15H2,1H3,(H,33,34);/q;;+1/t2*24-;/m00./s1. The van der Waals surface area contributed by atoms with Crippen molar-refractivity contribution in [1.82, 2.24) is 9.97 Å². The van der Waals surface area contributed by atoms with Crippen LogP contribution in [0.25, 0.3) is 22.9 Å². The van der Waals surface area contributed by atoms with Crippen molar-refractivity contribution < 1.29 is 133 Å². The first-order valence-corrected chi connectivity index (χ1v) is 26.2. The maximum Gasteiger partial charge on any atom is 1.00 e. The van der Waals surface area contributed by atoms with E-state index in [0.717, 1.165) is 32.9 Å². The molecule has 2 N–H and O–H groups in total. The number of halogens is 6. The second-order valence-electron chi connectivity index (χ2n) is 17.7. The molecule has 0 saturated carbocycles. The number of fused-ring (bicyclic) bond motifs is 2. The van der Waals surface area contributed by atoms with Gasteiger partial charge in [0.1, 0.15) is 59.7 Å². The number of carboxylic acids is 2. The van der Waals surface area contributed by atoms with E-state index >= 15 is 0 Å². The summed E-state index contributed by atoms with van der Waals surface area (Å²) in [4.78, 5) is 32.1. The summed E-state index contributed by atoms with van der Waals surface area (Å²) in [5, 5.41) is 19.3. The van der Waals surface area contributed by atoms with Crippen molar-refractivity contribution in [3.05, 3.63) is 191 Å². The molecule has 0 unspecified atom stereocenters. The van der Waals surface area contributed by atoms with Crippen LogP contribution < -0.4 is 69.5 Å². The molecule has 4 heterocycles. The first kappa shape index (κ1) is 58.2. The van der Waals surface area contributed by atoms with Crippen LogP contribution in [0.5, 0.6) is 11.5 Å². The molecule has 2 aromatic heterocycles. The number of rotatable bonds is 14. The molecular weight excluding hydrogens is 1110 g/mol. The Kier molecular flexibility index (Phi) is 16.9. The Bertz CT molecular complexity index is 3520. The van der Waals surface area contributed by atoms with Gasteiger partial charge in [0.25, 0.3) is 20.0 Å². The summed E-state index contributed by atoms with van der Waals surface area (Å²) in [5.74, 6) is -0.733. The third-order valence-corrected chi connectivity index (χ3v) is 16.3. The Morgan fingerprint density at radius 1 is 0.544 bits per heavy atom. The Hall–Kier alpha value is -7.00. The molecule has 2 aliphatic rings. The monoisotopic (exact) mass is 1160 g/mol. The Labute approximate surface area is 489 Å². The van der Waals surface area contributed by atoms with Gasteiger partial charge in [-0.3, -0.25) is 8.61 Å². The number of hydrogen-bond acceptors (Lipinski definition) is 12. The predicted molar refractivity (Wildman–Crippen MR) is 267 cm³/mol. The normalized spacial score (nSPS) is 15.1. The number of aliphatic carboxylic acids is 2. The maximum atomic E-state index is 13.4. The van der Waals surface area contributed by atoms with Gasteiger partial charge in [-0.25, -0.2) is 36.4 Å². The van der Waals surface area contributed by atoms with Crippen molar-refractivity contribution in [2.45, 2.75) is 74.1 Å². The van der Waals surface area contributed by atoms with Crippen LogP contribution in [0.2, 0.25) is 0 Å². The van der Waals surface area contributed by atoms with Crippen molar-refractivity contribution >= 4 is 43.4 Å².